The summed E-state index contributed by atoms with van der Waals surface area (Å²) in [5.74, 6) is 0.823. The van der Waals surface area contributed by atoms with E-state index in [0.717, 1.165) is 30.5 Å². The maximum atomic E-state index is 13.8. The summed E-state index contributed by atoms with van der Waals surface area (Å²) in [6, 6.07) is 0. The highest BCUT2D eigenvalue weighted by molar-refractivity contribution is 5.87. The minimum Gasteiger partial charge on any atom is -0.326 e. The Hall–Kier alpha value is -1.74. The highest BCUT2D eigenvalue weighted by Gasteiger charge is 2.28. The lowest BCUT2D eigenvalue weighted by molar-refractivity contribution is 0.569. The average Bonchev–Trinajstić information content (AvgIpc) is 2.60. The number of nitrogens with two attached hydrogens (primary N) is 1. The third kappa shape index (κ3) is 3.62. The third-order valence-corrected chi connectivity index (χ3v) is 5.82. The van der Waals surface area contributed by atoms with Gasteiger partial charge in [-0.2, -0.15) is 0 Å². The molecule has 2 aliphatic carbocycles. The van der Waals surface area contributed by atoms with Gasteiger partial charge in [0.05, 0.1) is 5.70 Å². The zero-order chi connectivity index (χ0) is 18.1. The molecule has 0 amide bonds. The summed E-state index contributed by atoms with van der Waals surface area (Å²) in [6.07, 6.45) is 9.89. The summed E-state index contributed by atoms with van der Waals surface area (Å²) in [7, 11) is 0. The summed E-state index contributed by atoms with van der Waals surface area (Å²) >= 11 is 0. The smallest absolute Gasteiger partial charge is 0.103 e. The Labute approximate surface area is 150 Å². The monoisotopic (exact) mass is 340 g/mol. The first kappa shape index (κ1) is 18.1. The predicted molar refractivity (Wildman–Crippen MR) is 104 cm³/mol. The van der Waals surface area contributed by atoms with Crippen molar-refractivity contribution in [2.75, 3.05) is 6.54 Å². The molecule has 2 atom stereocenters. The predicted octanol–water partition coefficient (Wildman–Crippen LogP) is 5.56. The second kappa shape index (κ2) is 7.25. The summed E-state index contributed by atoms with van der Waals surface area (Å²) in [5, 5.41) is 0. The molecule has 3 rings (SSSR count). The van der Waals surface area contributed by atoms with Crippen LogP contribution in [0.5, 0.6) is 0 Å². The molecule has 1 aliphatic heterocycles. The van der Waals surface area contributed by atoms with Gasteiger partial charge in [-0.1, -0.05) is 30.7 Å². The van der Waals surface area contributed by atoms with Crippen LogP contribution >= 0.6 is 0 Å². The van der Waals surface area contributed by atoms with Gasteiger partial charge >= 0.3 is 0 Å². The first-order chi connectivity index (χ1) is 11.9. The quantitative estimate of drug-likeness (QED) is 0.718. The molecule has 0 aromatic carbocycles. The molecule has 0 aromatic heterocycles. The van der Waals surface area contributed by atoms with Gasteiger partial charge in [0, 0.05) is 24.6 Å². The van der Waals surface area contributed by atoms with Crippen molar-refractivity contribution in [3.8, 4) is 0 Å². The molecule has 0 spiro atoms. The van der Waals surface area contributed by atoms with E-state index in [-0.39, 0.29) is 5.83 Å². The van der Waals surface area contributed by atoms with Gasteiger partial charge in [-0.25, -0.2) is 4.39 Å². The van der Waals surface area contributed by atoms with Gasteiger partial charge in [0.25, 0.3) is 0 Å². The molecular weight excluding hydrogens is 311 g/mol. The van der Waals surface area contributed by atoms with E-state index in [9.17, 15) is 4.39 Å². The van der Waals surface area contributed by atoms with E-state index in [0.29, 0.717) is 24.8 Å². The number of allylic oxidation sites excluding steroid dienone is 7. The molecule has 2 nitrogen and oxygen atoms in total. The Morgan fingerprint density at radius 2 is 2.00 bits per heavy atom. The number of aliphatic imine (C=N–C) groups is 1. The van der Waals surface area contributed by atoms with Crippen molar-refractivity contribution in [2.24, 2.45) is 22.6 Å². The third-order valence-electron chi connectivity index (χ3n) is 5.82. The highest BCUT2D eigenvalue weighted by atomic mass is 19.1. The Kier molecular flexibility index (Phi) is 5.24. The molecule has 2 unspecified atom stereocenters. The molecule has 1 heterocycles. The zero-order valence-electron chi connectivity index (χ0n) is 15.8. The van der Waals surface area contributed by atoms with E-state index in [1.54, 1.807) is 0 Å². The Morgan fingerprint density at radius 3 is 2.68 bits per heavy atom. The number of hydrogen-bond donors (Lipinski definition) is 1. The van der Waals surface area contributed by atoms with Crippen molar-refractivity contribution in [1.82, 2.24) is 0 Å². The van der Waals surface area contributed by atoms with Gasteiger partial charge in [-0.3, -0.25) is 4.99 Å². The normalized spacial score (nSPS) is 27.8. The Balaban J connectivity index is 2.06. The lowest BCUT2D eigenvalue weighted by Gasteiger charge is -2.31. The van der Waals surface area contributed by atoms with E-state index in [1.807, 2.05) is 13.0 Å². The lowest BCUT2D eigenvalue weighted by atomic mass is 9.78. The van der Waals surface area contributed by atoms with Crippen LogP contribution in [0.15, 0.2) is 62.6 Å². The van der Waals surface area contributed by atoms with E-state index in [1.165, 1.54) is 28.0 Å². The largest absolute Gasteiger partial charge is 0.326 e. The maximum absolute atomic E-state index is 13.8. The minimum absolute atomic E-state index is 0.0114. The average molecular weight is 340 g/mol. The molecule has 0 radical (unpaired) electrons. The van der Waals surface area contributed by atoms with E-state index in [2.05, 4.69) is 32.9 Å². The second-order valence-corrected chi connectivity index (χ2v) is 7.62. The van der Waals surface area contributed by atoms with Crippen LogP contribution in [0.2, 0.25) is 0 Å². The summed E-state index contributed by atoms with van der Waals surface area (Å²) in [6.45, 7) is 8.93. The van der Waals surface area contributed by atoms with Crippen LogP contribution in [-0.4, -0.2) is 12.3 Å². The molecule has 0 fully saturated rings. The van der Waals surface area contributed by atoms with Crippen molar-refractivity contribution in [1.29, 1.82) is 0 Å². The number of rotatable bonds is 3. The van der Waals surface area contributed by atoms with E-state index >= 15 is 0 Å². The fraction of sp³-hybridized carbons (Fsp3) is 0.500. The van der Waals surface area contributed by atoms with Crippen LogP contribution in [0.25, 0.3) is 0 Å². The first-order valence-corrected chi connectivity index (χ1v) is 9.33. The standard InChI is InChI=1S/C22H29FN2/c1-13-5-6-17(11-19(13)12-24)20-10-14(2)16(4)25-22(20)18-7-8-21(23)15(3)9-18/h5,9,11,14,17H,6-8,10,12,24H2,1-4H3. The molecule has 25 heavy (non-hydrogen) atoms. The topological polar surface area (TPSA) is 38.4 Å². The molecule has 0 bridgehead atoms. The van der Waals surface area contributed by atoms with Crippen LogP contribution in [-0.2, 0) is 0 Å². The Bertz CT molecular complexity index is 759. The van der Waals surface area contributed by atoms with Crippen molar-refractivity contribution in [3.63, 3.8) is 0 Å². The summed E-state index contributed by atoms with van der Waals surface area (Å²) in [4.78, 5) is 4.97. The van der Waals surface area contributed by atoms with Gasteiger partial charge in [0.15, 0.2) is 0 Å². The number of nitrogens with zero attached hydrogens (tertiary/aromatic N) is 1. The maximum Gasteiger partial charge on any atom is 0.103 e. The van der Waals surface area contributed by atoms with Crippen molar-refractivity contribution in [3.05, 3.63) is 57.6 Å². The van der Waals surface area contributed by atoms with E-state index < -0.39 is 0 Å². The van der Waals surface area contributed by atoms with Crippen LogP contribution < -0.4 is 5.73 Å². The van der Waals surface area contributed by atoms with Gasteiger partial charge in [-0.15, -0.1) is 0 Å². The van der Waals surface area contributed by atoms with Crippen LogP contribution in [0.1, 0.15) is 53.4 Å². The molecule has 0 saturated carbocycles. The van der Waals surface area contributed by atoms with Crippen molar-refractivity contribution in [2.45, 2.75) is 53.4 Å². The van der Waals surface area contributed by atoms with Gasteiger partial charge in [0.2, 0.25) is 0 Å². The fourth-order valence-electron chi connectivity index (χ4n) is 3.93. The van der Waals surface area contributed by atoms with Crippen LogP contribution in [0.4, 0.5) is 4.39 Å². The molecule has 134 valence electrons. The van der Waals surface area contributed by atoms with Gasteiger partial charge in [0.1, 0.15) is 5.83 Å². The first-order valence-electron chi connectivity index (χ1n) is 9.33. The zero-order valence-corrected chi connectivity index (χ0v) is 15.8. The van der Waals surface area contributed by atoms with E-state index in [4.69, 9.17) is 10.7 Å². The minimum atomic E-state index is 0.0114. The molecular formula is C22H29FN2. The summed E-state index contributed by atoms with van der Waals surface area (Å²) in [5.41, 5.74) is 14.1. The SMILES string of the molecule is CC1=CCC(C2=C(C3=CC(C)=C(F)CC3)N=C(C)C(C)C2)C=C1CN. The second-order valence-electron chi connectivity index (χ2n) is 7.62. The van der Waals surface area contributed by atoms with Crippen molar-refractivity contribution >= 4 is 5.71 Å². The fourth-order valence-corrected chi connectivity index (χ4v) is 3.93. The Morgan fingerprint density at radius 1 is 1.24 bits per heavy atom. The number of halogens is 1. The van der Waals surface area contributed by atoms with Gasteiger partial charge < -0.3 is 5.73 Å². The summed E-state index contributed by atoms with van der Waals surface area (Å²) < 4.78 is 13.8. The number of hydrogen-bond acceptors (Lipinski definition) is 2. The molecule has 0 aromatic rings. The van der Waals surface area contributed by atoms with Crippen LogP contribution in [0.3, 0.4) is 0 Å². The molecule has 3 aliphatic rings. The van der Waals surface area contributed by atoms with Crippen molar-refractivity contribution < 1.29 is 4.39 Å². The highest BCUT2D eigenvalue weighted by Crippen LogP contribution is 2.40. The molecule has 0 saturated heterocycles. The van der Waals surface area contributed by atoms with Crippen LogP contribution in [0, 0.1) is 11.8 Å². The lowest BCUT2D eigenvalue weighted by Crippen LogP contribution is -2.21. The molecule has 2 N–H and O–H groups in total. The van der Waals surface area contributed by atoms with Gasteiger partial charge in [-0.05, 0) is 68.2 Å². The molecule has 3 heteroatoms.